The van der Waals surface area contributed by atoms with Crippen LogP contribution in [0.2, 0.25) is 0 Å². The molecule has 28 heavy (non-hydrogen) atoms. The van der Waals surface area contributed by atoms with Gasteiger partial charge >= 0.3 is 0 Å². The van der Waals surface area contributed by atoms with Crippen molar-refractivity contribution in [3.05, 3.63) is 29.8 Å². The summed E-state index contributed by atoms with van der Waals surface area (Å²) in [6.45, 7) is 0.672. The minimum Gasteiger partial charge on any atom is -0.382 e. The number of ether oxygens (including phenoxy) is 1. The summed E-state index contributed by atoms with van der Waals surface area (Å²) in [6, 6.07) is 1.92. The van der Waals surface area contributed by atoms with Crippen molar-refractivity contribution >= 4 is 15.9 Å². The number of carbonyl (C=O) groups is 1. The third-order valence-electron chi connectivity index (χ3n) is 5.28. The molecule has 1 amide bonds. The van der Waals surface area contributed by atoms with E-state index in [1.807, 2.05) is 0 Å². The molecule has 2 fully saturated rings. The number of hydrogen-bond acceptors (Lipinski definition) is 6. The van der Waals surface area contributed by atoms with Gasteiger partial charge in [-0.3, -0.25) is 4.79 Å². The molecule has 0 bridgehead atoms. The van der Waals surface area contributed by atoms with Crippen molar-refractivity contribution in [2.24, 2.45) is 5.73 Å². The minimum atomic E-state index is -4.71. The monoisotopic (exact) mass is 419 g/mol. The first-order valence-corrected chi connectivity index (χ1v) is 10.4. The fourth-order valence-corrected chi connectivity index (χ4v) is 5.51. The predicted molar refractivity (Wildman–Crippen MR) is 94.6 cm³/mol. The van der Waals surface area contributed by atoms with Crippen LogP contribution in [-0.2, 0) is 19.6 Å². The topological polar surface area (TPSA) is 122 Å². The van der Waals surface area contributed by atoms with Crippen molar-refractivity contribution in [3.8, 4) is 0 Å². The summed E-state index contributed by atoms with van der Waals surface area (Å²) < 4.78 is 61.2. The summed E-state index contributed by atoms with van der Waals surface area (Å²) in [7, 11) is -4.71. The molecule has 3 rings (SSSR count). The summed E-state index contributed by atoms with van der Waals surface area (Å²) in [5, 5.41) is 13.1. The number of nitrogens with zero attached hydrogens (tertiary/aromatic N) is 1. The van der Waals surface area contributed by atoms with E-state index in [1.165, 1.54) is 0 Å². The number of carbonyl (C=O) groups excluding carboxylic acids is 1. The first kappa shape index (κ1) is 21.1. The van der Waals surface area contributed by atoms with Gasteiger partial charge in [-0.1, -0.05) is 6.07 Å². The van der Waals surface area contributed by atoms with Crippen LogP contribution in [0.4, 0.5) is 8.78 Å². The standard InChI is InChI=1S/C17H23F2N3O5S/c18-12-2-1-3-13(19)15(12)28(25,26)22(9-14(23)16(20)24)11-8-17(27-10-11)4-6-21-7-5-17/h1-3,11,14,21,23H,4-10H2,(H2,20,24). The summed E-state index contributed by atoms with van der Waals surface area (Å²) in [4.78, 5) is 10.2. The van der Waals surface area contributed by atoms with Crippen LogP contribution in [0.3, 0.4) is 0 Å². The lowest BCUT2D eigenvalue weighted by Crippen LogP contribution is -2.49. The van der Waals surface area contributed by atoms with Crippen LogP contribution in [-0.4, -0.2) is 67.7 Å². The van der Waals surface area contributed by atoms with Gasteiger partial charge in [0.2, 0.25) is 15.9 Å². The maximum absolute atomic E-state index is 14.2. The Morgan fingerprint density at radius 2 is 1.96 bits per heavy atom. The fourth-order valence-electron chi connectivity index (χ4n) is 3.79. The van der Waals surface area contributed by atoms with E-state index < -0.39 is 56.8 Å². The maximum atomic E-state index is 14.2. The molecule has 4 N–H and O–H groups in total. The number of aliphatic hydroxyl groups excluding tert-OH is 1. The van der Waals surface area contributed by atoms with Gasteiger partial charge in [0.1, 0.15) is 17.7 Å². The maximum Gasteiger partial charge on any atom is 0.249 e. The van der Waals surface area contributed by atoms with Gasteiger partial charge in [-0.2, -0.15) is 4.31 Å². The first-order chi connectivity index (χ1) is 13.2. The number of halogens is 2. The molecule has 2 atom stereocenters. The van der Waals surface area contributed by atoms with Crippen molar-refractivity contribution in [3.63, 3.8) is 0 Å². The molecule has 0 aromatic heterocycles. The van der Waals surface area contributed by atoms with Crippen molar-refractivity contribution in [1.29, 1.82) is 0 Å². The Hall–Kier alpha value is -1.66. The lowest BCUT2D eigenvalue weighted by atomic mass is 9.88. The minimum absolute atomic E-state index is 0.0131. The highest BCUT2D eigenvalue weighted by Gasteiger charge is 2.47. The van der Waals surface area contributed by atoms with Gasteiger partial charge in [-0.05, 0) is 44.5 Å². The second kappa shape index (κ2) is 7.99. The zero-order chi connectivity index (χ0) is 20.5. The molecule has 2 aliphatic heterocycles. The number of rotatable bonds is 6. The van der Waals surface area contributed by atoms with Gasteiger partial charge in [0.25, 0.3) is 0 Å². The number of nitrogens with one attached hydrogen (secondary N) is 1. The second-order valence-corrected chi connectivity index (χ2v) is 8.97. The molecule has 2 heterocycles. The third-order valence-corrected chi connectivity index (χ3v) is 7.25. The molecule has 8 nitrogen and oxygen atoms in total. The van der Waals surface area contributed by atoms with Gasteiger partial charge in [0.15, 0.2) is 4.90 Å². The fraction of sp³-hybridized carbons (Fsp3) is 0.588. The van der Waals surface area contributed by atoms with E-state index in [2.05, 4.69) is 5.32 Å². The Kier molecular flexibility index (Phi) is 6.01. The Morgan fingerprint density at radius 3 is 2.54 bits per heavy atom. The van der Waals surface area contributed by atoms with E-state index in [4.69, 9.17) is 10.5 Å². The molecule has 0 saturated carbocycles. The summed E-state index contributed by atoms with van der Waals surface area (Å²) in [5.41, 5.74) is 4.52. The molecular weight excluding hydrogens is 396 g/mol. The Bertz CT molecular complexity index is 825. The molecule has 11 heteroatoms. The molecule has 1 aromatic rings. The summed E-state index contributed by atoms with van der Waals surface area (Å²) in [5.74, 6) is -3.65. The van der Waals surface area contributed by atoms with Gasteiger partial charge in [0, 0.05) is 6.54 Å². The van der Waals surface area contributed by atoms with Crippen molar-refractivity contribution in [2.75, 3.05) is 26.2 Å². The molecule has 0 radical (unpaired) electrons. The lowest BCUT2D eigenvalue weighted by Gasteiger charge is -2.34. The van der Waals surface area contributed by atoms with Crippen molar-refractivity contribution in [1.82, 2.24) is 9.62 Å². The highest BCUT2D eigenvalue weighted by Crippen LogP contribution is 2.38. The Labute approximate surface area is 161 Å². The highest BCUT2D eigenvalue weighted by molar-refractivity contribution is 7.89. The summed E-state index contributed by atoms with van der Waals surface area (Å²) in [6.07, 6.45) is -0.225. The van der Waals surface area contributed by atoms with Crippen LogP contribution in [0.1, 0.15) is 19.3 Å². The molecule has 1 spiro atoms. The van der Waals surface area contributed by atoms with E-state index in [9.17, 15) is 27.1 Å². The van der Waals surface area contributed by atoms with Crippen molar-refractivity contribution in [2.45, 2.75) is 41.9 Å². The number of amides is 1. The van der Waals surface area contributed by atoms with E-state index in [1.54, 1.807) is 0 Å². The van der Waals surface area contributed by atoms with Gasteiger partial charge in [-0.15, -0.1) is 0 Å². The van der Waals surface area contributed by atoms with Gasteiger partial charge in [0.05, 0.1) is 18.2 Å². The van der Waals surface area contributed by atoms with Crippen LogP contribution < -0.4 is 11.1 Å². The normalized spacial score (nSPS) is 23.2. The zero-order valence-electron chi connectivity index (χ0n) is 15.1. The molecular formula is C17H23F2N3O5S. The molecule has 2 unspecified atom stereocenters. The highest BCUT2D eigenvalue weighted by atomic mass is 32.2. The largest absolute Gasteiger partial charge is 0.382 e. The molecule has 2 saturated heterocycles. The summed E-state index contributed by atoms with van der Waals surface area (Å²) >= 11 is 0. The number of nitrogens with two attached hydrogens (primary N) is 1. The van der Waals surface area contributed by atoms with Crippen LogP contribution in [0.15, 0.2) is 23.1 Å². The van der Waals surface area contributed by atoms with Crippen LogP contribution in [0, 0.1) is 11.6 Å². The van der Waals surface area contributed by atoms with Crippen LogP contribution >= 0.6 is 0 Å². The predicted octanol–water partition coefficient (Wildman–Crippen LogP) is -0.287. The van der Waals surface area contributed by atoms with Crippen LogP contribution in [0.5, 0.6) is 0 Å². The number of sulfonamides is 1. The van der Waals surface area contributed by atoms with E-state index in [0.717, 1.165) is 22.5 Å². The quantitative estimate of drug-likeness (QED) is 0.583. The lowest BCUT2D eigenvalue weighted by molar-refractivity contribution is -0.126. The van der Waals surface area contributed by atoms with Crippen LogP contribution in [0.25, 0.3) is 0 Å². The second-order valence-electron chi connectivity index (χ2n) is 7.15. The van der Waals surface area contributed by atoms with Gasteiger partial charge < -0.3 is 20.9 Å². The molecule has 2 aliphatic rings. The Balaban J connectivity index is 1.96. The molecule has 1 aromatic carbocycles. The number of benzene rings is 1. The Morgan fingerprint density at radius 1 is 1.36 bits per heavy atom. The third kappa shape index (κ3) is 4.03. The molecule has 156 valence electrons. The smallest absolute Gasteiger partial charge is 0.249 e. The van der Waals surface area contributed by atoms with Crippen molar-refractivity contribution < 1.29 is 31.8 Å². The average Bonchev–Trinajstić information content (AvgIpc) is 3.02. The molecule has 0 aliphatic carbocycles. The number of piperidine rings is 1. The van der Waals surface area contributed by atoms with E-state index in [-0.39, 0.29) is 13.0 Å². The number of primary amides is 1. The first-order valence-electron chi connectivity index (χ1n) is 8.94. The zero-order valence-corrected chi connectivity index (χ0v) is 15.9. The van der Waals surface area contributed by atoms with Gasteiger partial charge in [-0.25, -0.2) is 17.2 Å². The SMILES string of the molecule is NC(=O)C(O)CN(C1COC2(CCNCC2)C1)S(=O)(=O)c1c(F)cccc1F. The van der Waals surface area contributed by atoms with E-state index >= 15 is 0 Å². The number of aliphatic hydroxyl groups is 1. The average molecular weight is 419 g/mol. The number of hydrogen-bond donors (Lipinski definition) is 3. The van der Waals surface area contributed by atoms with E-state index in [0.29, 0.717) is 25.9 Å².